The first kappa shape index (κ1) is 33.5. The number of aliphatic hydroxyl groups excluding tert-OH is 1. The lowest BCUT2D eigenvalue weighted by Crippen LogP contribution is -2.44. The second-order valence-electron chi connectivity index (χ2n) is 11.0. The Hall–Kier alpha value is -4.37. The summed E-state index contributed by atoms with van der Waals surface area (Å²) in [4.78, 5) is 27.3. The fourth-order valence-electron chi connectivity index (χ4n) is 5.65. The topological polar surface area (TPSA) is 97.3 Å². The van der Waals surface area contributed by atoms with E-state index in [0.29, 0.717) is 29.8 Å². The molecule has 1 unspecified atom stereocenters. The van der Waals surface area contributed by atoms with Crippen LogP contribution in [0.25, 0.3) is 0 Å². The quantitative estimate of drug-likeness (QED) is 0.149. The number of aliphatic hydroxyl groups is 1. The molecule has 8 nitrogen and oxygen atoms in total. The largest absolute Gasteiger partial charge is 0.497 e. The average Bonchev–Trinajstić information content (AvgIpc) is 3.05. The van der Waals surface area contributed by atoms with E-state index in [1.807, 2.05) is 60.7 Å². The number of esters is 1. The highest BCUT2D eigenvalue weighted by atomic mass is 35.5. The number of benzene rings is 4. The van der Waals surface area contributed by atoms with Gasteiger partial charge in [0.1, 0.15) is 18.1 Å². The van der Waals surface area contributed by atoms with Crippen LogP contribution in [0.15, 0.2) is 97.1 Å². The van der Waals surface area contributed by atoms with Crippen LogP contribution in [0.4, 0.5) is 10.5 Å². The van der Waals surface area contributed by atoms with E-state index >= 15 is 0 Å². The summed E-state index contributed by atoms with van der Waals surface area (Å²) in [5, 5.41) is 15.1. The van der Waals surface area contributed by atoms with Crippen LogP contribution in [0.5, 0.6) is 11.5 Å². The predicted molar refractivity (Wildman–Crippen MR) is 176 cm³/mol. The lowest BCUT2D eigenvalue weighted by atomic mass is 9.84. The molecule has 4 aromatic rings. The average molecular weight is 631 g/mol. The van der Waals surface area contributed by atoms with Crippen molar-refractivity contribution in [3.05, 3.63) is 125 Å². The number of nitrogens with one attached hydrogen (secondary N) is 1. The van der Waals surface area contributed by atoms with Crippen LogP contribution < -0.4 is 19.7 Å². The van der Waals surface area contributed by atoms with Gasteiger partial charge in [-0.15, -0.1) is 12.4 Å². The number of rotatable bonds is 10. The van der Waals surface area contributed by atoms with Crippen LogP contribution in [0.3, 0.4) is 0 Å². The first-order chi connectivity index (χ1) is 21.3. The third-order valence-electron chi connectivity index (χ3n) is 7.92. The zero-order valence-electron chi connectivity index (χ0n) is 25.6. The first-order valence-electron chi connectivity index (χ1n) is 14.8. The molecule has 5 rings (SSSR count). The van der Waals surface area contributed by atoms with E-state index in [9.17, 15) is 14.7 Å². The van der Waals surface area contributed by atoms with Crippen molar-refractivity contribution in [2.45, 2.75) is 51.0 Å². The normalized spacial score (nSPS) is 16.0. The number of halogens is 1. The molecule has 0 bridgehead atoms. The molecule has 0 heterocycles. The number of anilines is 1. The summed E-state index contributed by atoms with van der Waals surface area (Å²) < 4.78 is 16.7. The molecule has 0 spiro atoms. The Bertz CT molecular complexity index is 1570. The van der Waals surface area contributed by atoms with Gasteiger partial charge in [0.25, 0.3) is 0 Å². The van der Waals surface area contributed by atoms with Gasteiger partial charge in [-0.25, -0.2) is 9.59 Å². The molecule has 45 heavy (non-hydrogen) atoms. The molecule has 0 fully saturated rings. The Morgan fingerprint density at radius 3 is 2.27 bits per heavy atom. The lowest BCUT2D eigenvalue weighted by molar-refractivity contribution is 0.0635. The van der Waals surface area contributed by atoms with E-state index in [4.69, 9.17) is 14.2 Å². The lowest BCUT2D eigenvalue weighted by Gasteiger charge is -2.35. The Kier molecular flexibility index (Phi) is 11.6. The van der Waals surface area contributed by atoms with Gasteiger partial charge in [-0.3, -0.25) is 4.90 Å². The van der Waals surface area contributed by atoms with Crippen molar-refractivity contribution in [3.8, 4) is 11.5 Å². The minimum absolute atomic E-state index is 0. The molecule has 0 saturated heterocycles. The minimum Gasteiger partial charge on any atom is -0.497 e. The highest BCUT2D eigenvalue weighted by Crippen LogP contribution is 2.42. The van der Waals surface area contributed by atoms with Gasteiger partial charge in [0, 0.05) is 19.1 Å². The number of fused-ring (bicyclic) bond motifs is 1. The van der Waals surface area contributed by atoms with Crippen LogP contribution in [0, 0.1) is 0 Å². The van der Waals surface area contributed by atoms with E-state index in [2.05, 4.69) is 12.2 Å². The maximum Gasteiger partial charge on any atom is 0.422 e. The van der Waals surface area contributed by atoms with E-state index in [-0.39, 0.29) is 36.7 Å². The molecule has 0 aliphatic heterocycles. The highest BCUT2D eigenvalue weighted by Gasteiger charge is 2.34. The number of hydrogen-bond acceptors (Lipinski definition) is 7. The summed E-state index contributed by atoms with van der Waals surface area (Å²) in [6.45, 7) is 2.39. The number of carbonyl (C=O) groups excluding carboxylic acids is 2. The van der Waals surface area contributed by atoms with Crippen molar-refractivity contribution in [2.24, 2.45) is 0 Å². The van der Waals surface area contributed by atoms with Crippen LogP contribution in [0.2, 0.25) is 0 Å². The number of methoxy groups -OCH3 is 1. The smallest absolute Gasteiger partial charge is 0.422 e. The molecule has 2 N–H and O–H groups in total. The molecule has 236 valence electrons. The first-order valence-corrected chi connectivity index (χ1v) is 14.8. The third-order valence-corrected chi connectivity index (χ3v) is 7.92. The van der Waals surface area contributed by atoms with Crippen LogP contribution in [-0.2, 0) is 24.2 Å². The molecular formula is C36H39ClN2O6. The van der Waals surface area contributed by atoms with Crippen LogP contribution in [0.1, 0.15) is 52.1 Å². The molecule has 0 aromatic heterocycles. The molecule has 0 radical (unpaired) electrons. The van der Waals surface area contributed by atoms with Crippen molar-refractivity contribution in [2.75, 3.05) is 19.1 Å². The van der Waals surface area contributed by atoms with E-state index in [1.54, 1.807) is 50.6 Å². The Morgan fingerprint density at radius 1 is 0.933 bits per heavy atom. The van der Waals surface area contributed by atoms with Crippen molar-refractivity contribution in [3.63, 3.8) is 0 Å². The standard InChI is InChI=1S/C36H38N2O6.ClH/c1-24(22-25-14-16-28(42-3)17-15-25)37-31-20-18-29-30(34(31)39)19-21-32(43-23-26-10-6-4-7-11-26)33(29)38(2)36(41)44-35(40)27-12-8-5-9-13-27;/h4-17,19,21,24,31,34,37,39H,18,20,22-23H2,1-3H3;1H/t24?,31-,34-;/m0./s1. The number of ether oxygens (including phenoxy) is 3. The van der Waals surface area contributed by atoms with E-state index in [1.165, 1.54) is 10.5 Å². The molecule has 3 atom stereocenters. The van der Waals surface area contributed by atoms with Gasteiger partial charge in [0.15, 0.2) is 0 Å². The number of hydrogen-bond donors (Lipinski definition) is 2. The summed E-state index contributed by atoms with van der Waals surface area (Å²) in [5.74, 6) is 0.537. The van der Waals surface area contributed by atoms with Gasteiger partial charge < -0.3 is 24.6 Å². The fourth-order valence-corrected chi connectivity index (χ4v) is 5.65. The summed E-state index contributed by atoms with van der Waals surface area (Å²) in [6, 6.07) is 29.6. The van der Waals surface area contributed by atoms with Crippen molar-refractivity contribution < 1.29 is 28.9 Å². The monoisotopic (exact) mass is 630 g/mol. The van der Waals surface area contributed by atoms with Gasteiger partial charge in [-0.1, -0.05) is 66.7 Å². The highest BCUT2D eigenvalue weighted by molar-refractivity contribution is 6.02. The molecular weight excluding hydrogens is 592 g/mol. The fraction of sp³-hybridized carbons (Fsp3) is 0.278. The van der Waals surface area contributed by atoms with Crippen molar-refractivity contribution in [1.82, 2.24) is 5.32 Å². The maximum absolute atomic E-state index is 13.3. The molecule has 9 heteroatoms. The predicted octanol–water partition coefficient (Wildman–Crippen LogP) is 6.68. The zero-order valence-corrected chi connectivity index (χ0v) is 26.5. The van der Waals surface area contributed by atoms with Gasteiger partial charge >= 0.3 is 12.1 Å². The summed E-state index contributed by atoms with van der Waals surface area (Å²) in [5.41, 5.74) is 4.39. The molecule has 1 aliphatic rings. The minimum atomic E-state index is -0.834. The number of carbonyl (C=O) groups is 2. The maximum atomic E-state index is 13.3. The van der Waals surface area contributed by atoms with Gasteiger partial charge in [0.05, 0.1) is 24.5 Å². The number of nitrogens with zero attached hydrogens (tertiary/aromatic N) is 1. The van der Waals surface area contributed by atoms with Crippen molar-refractivity contribution >= 4 is 30.2 Å². The van der Waals surface area contributed by atoms with Crippen molar-refractivity contribution in [1.29, 1.82) is 0 Å². The molecule has 4 aromatic carbocycles. The second kappa shape index (κ2) is 15.6. The molecule has 1 aliphatic carbocycles. The second-order valence-corrected chi connectivity index (χ2v) is 11.0. The van der Waals surface area contributed by atoms with E-state index < -0.39 is 18.2 Å². The molecule has 0 saturated carbocycles. The van der Waals surface area contributed by atoms with Gasteiger partial charge in [0.2, 0.25) is 0 Å². The number of amides is 1. The molecule has 1 amide bonds. The summed E-state index contributed by atoms with van der Waals surface area (Å²) in [6.07, 6.45) is 0.375. The summed E-state index contributed by atoms with van der Waals surface area (Å²) >= 11 is 0. The van der Waals surface area contributed by atoms with Gasteiger partial charge in [-0.2, -0.15) is 0 Å². The van der Waals surface area contributed by atoms with E-state index in [0.717, 1.165) is 23.3 Å². The Morgan fingerprint density at radius 2 is 1.60 bits per heavy atom. The SMILES string of the molecule is COc1ccc(CC(C)N[C@H]2CCc3c(ccc(OCc4ccccc4)c3N(C)C(=O)OC(=O)c3ccccc3)[C@@H]2O)cc1.Cl. The van der Waals surface area contributed by atoms with Gasteiger partial charge in [-0.05, 0) is 78.8 Å². The van der Waals surface area contributed by atoms with Crippen LogP contribution in [-0.4, -0.2) is 43.4 Å². The zero-order chi connectivity index (χ0) is 31.1. The van der Waals surface area contributed by atoms with Crippen LogP contribution >= 0.6 is 12.4 Å². The Labute approximate surface area is 270 Å². The summed E-state index contributed by atoms with van der Waals surface area (Å²) in [7, 11) is 3.20. The Balaban J connectivity index is 0.00000461. The third kappa shape index (κ3) is 8.22.